The van der Waals surface area contributed by atoms with E-state index in [0.717, 1.165) is 16.9 Å². The van der Waals surface area contributed by atoms with Crippen LogP contribution < -0.4 is 5.32 Å². The Balaban J connectivity index is 2.13. The number of nitrogens with one attached hydrogen (secondary N) is 1. The van der Waals surface area contributed by atoms with E-state index in [1.54, 1.807) is 4.90 Å². The van der Waals surface area contributed by atoms with E-state index in [1.807, 2.05) is 80.7 Å². The highest BCUT2D eigenvalue weighted by atomic mass is 16.2. The summed E-state index contributed by atoms with van der Waals surface area (Å²) in [6.07, 6.45) is 1.98. The lowest BCUT2D eigenvalue weighted by molar-refractivity contribution is -0.133. The normalized spacial score (nSPS) is 11.1. The maximum Gasteiger partial charge on any atom is 0.322 e. The van der Waals surface area contributed by atoms with Gasteiger partial charge in [-0.05, 0) is 69.0 Å². The number of aromatic nitrogens is 1. The lowest BCUT2D eigenvalue weighted by Crippen LogP contribution is -2.48. The number of carbonyl (C=O) groups excluding carboxylic acids is 2. The van der Waals surface area contributed by atoms with Crippen molar-refractivity contribution in [1.29, 1.82) is 0 Å². The predicted octanol–water partition coefficient (Wildman–Crippen LogP) is 4.57. The Morgan fingerprint density at radius 1 is 1.07 bits per heavy atom. The van der Waals surface area contributed by atoms with Crippen LogP contribution in [0.4, 0.5) is 10.5 Å². The predicted molar refractivity (Wildman–Crippen MR) is 122 cm³/mol. The summed E-state index contributed by atoms with van der Waals surface area (Å²) in [5.74, 6) is 0.292. The zero-order valence-corrected chi connectivity index (χ0v) is 19.4. The summed E-state index contributed by atoms with van der Waals surface area (Å²) in [5.41, 5.74) is 4.10. The van der Waals surface area contributed by atoms with Gasteiger partial charge in [0.2, 0.25) is 5.91 Å². The van der Waals surface area contributed by atoms with Crippen molar-refractivity contribution < 1.29 is 9.59 Å². The monoisotopic (exact) mass is 412 g/mol. The first-order chi connectivity index (χ1) is 14.1. The van der Waals surface area contributed by atoms with Crippen LogP contribution in [0.1, 0.15) is 44.5 Å². The molecule has 0 saturated heterocycles. The topological polar surface area (TPSA) is 57.6 Å². The Bertz CT molecular complexity index is 870. The van der Waals surface area contributed by atoms with Gasteiger partial charge in [-0.15, -0.1) is 0 Å². The van der Waals surface area contributed by atoms with Gasteiger partial charge < -0.3 is 19.7 Å². The van der Waals surface area contributed by atoms with Crippen LogP contribution in [0.5, 0.6) is 0 Å². The zero-order valence-electron chi connectivity index (χ0n) is 19.4. The van der Waals surface area contributed by atoms with E-state index in [9.17, 15) is 9.59 Å². The van der Waals surface area contributed by atoms with Crippen LogP contribution in [0.2, 0.25) is 0 Å². The minimum Gasteiger partial charge on any atom is -0.353 e. The molecule has 164 valence electrons. The van der Waals surface area contributed by atoms with Gasteiger partial charge in [-0.2, -0.15) is 0 Å². The van der Waals surface area contributed by atoms with Gasteiger partial charge in [0.1, 0.15) is 6.54 Å². The fourth-order valence-corrected chi connectivity index (χ4v) is 3.30. The van der Waals surface area contributed by atoms with Crippen LogP contribution >= 0.6 is 0 Å². The SMILES string of the molecule is Cc1ccc(NC(=O)N(CC(=O)N(Cc2cccn2C)CC(C)C)C(C)C)cc1C. The van der Waals surface area contributed by atoms with Crippen LogP contribution in [-0.2, 0) is 18.4 Å². The van der Waals surface area contributed by atoms with E-state index in [0.29, 0.717) is 19.0 Å². The molecule has 0 aliphatic rings. The Kier molecular flexibility index (Phi) is 8.09. The van der Waals surface area contributed by atoms with Gasteiger partial charge >= 0.3 is 6.03 Å². The minimum absolute atomic E-state index is 0.0471. The molecule has 0 atom stereocenters. The van der Waals surface area contributed by atoms with E-state index in [1.165, 1.54) is 5.56 Å². The van der Waals surface area contributed by atoms with Gasteiger partial charge in [0.15, 0.2) is 0 Å². The zero-order chi connectivity index (χ0) is 22.4. The van der Waals surface area contributed by atoms with Crippen molar-refractivity contribution >= 4 is 17.6 Å². The number of urea groups is 1. The van der Waals surface area contributed by atoms with Gasteiger partial charge in [-0.1, -0.05) is 19.9 Å². The molecule has 30 heavy (non-hydrogen) atoms. The van der Waals surface area contributed by atoms with Gasteiger partial charge in [0.25, 0.3) is 0 Å². The van der Waals surface area contributed by atoms with E-state index >= 15 is 0 Å². The first-order valence-electron chi connectivity index (χ1n) is 10.6. The minimum atomic E-state index is -0.259. The Labute approximate surface area is 180 Å². The third-order valence-corrected chi connectivity index (χ3v) is 5.29. The van der Waals surface area contributed by atoms with Crippen molar-refractivity contribution in [1.82, 2.24) is 14.4 Å². The van der Waals surface area contributed by atoms with E-state index in [-0.39, 0.29) is 24.5 Å². The van der Waals surface area contributed by atoms with E-state index in [2.05, 4.69) is 19.2 Å². The van der Waals surface area contributed by atoms with Crippen LogP contribution in [0.3, 0.4) is 0 Å². The Morgan fingerprint density at radius 3 is 2.30 bits per heavy atom. The number of hydrogen-bond donors (Lipinski definition) is 1. The quantitative estimate of drug-likeness (QED) is 0.690. The average molecular weight is 413 g/mol. The highest BCUT2D eigenvalue weighted by molar-refractivity contribution is 5.92. The van der Waals surface area contributed by atoms with E-state index < -0.39 is 0 Å². The Morgan fingerprint density at radius 2 is 1.77 bits per heavy atom. The summed E-state index contributed by atoms with van der Waals surface area (Å²) in [5, 5.41) is 2.94. The number of aryl methyl sites for hydroxylation is 3. The van der Waals surface area contributed by atoms with Crippen molar-refractivity contribution in [2.45, 2.75) is 54.1 Å². The second-order valence-corrected chi connectivity index (χ2v) is 8.73. The van der Waals surface area contributed by atoms with Crippen LogP contribution in [-0.4, -0.2) is 45.4 Å². The molecule has 0 aliphatic carbocycles. The number of rotatable bonds is 8. The van der Waals surface area contributed by atoms with Gasteiger partial charge in [0, 0.05) is 37.2 Å². The second-order valence-electron chi connectivity index (χ2n) is 8.73. The molecule has 1 N–H and O–H groups in total. The maximum absolute atomic E-state index is 13.2. The number of benzene rings is 1. The van der Waals surface area contributed by atoms with Crippen molar-refractivity contribution in [3.8, 4) is 0 Å². The van der Waals surface area contributed by atoms with Gasteiger partial charge in [-0.3, -0.25) is 4.79 Å². The molecule has 0 aliphatic heterocycles. The van der Waals surface area contributed by atoms with Crippen molar-refractivity contribution in [2.75, 3.05) is 18.4 Å². The number of carbonyl (C=O) groups is 2. The number of nitrogens with zero attached hydrogens (tertiary/aromatic N) is 3. The third-order valence-electron chi connectivity index (χ3n) is 5.29. The molecular formula is C24H36N4O2. The fraction of sp³-hybridized carbons (Fsp3) is 0.500. The summed E-state index contributed by atoms with van der Waals surface area (Å²) in [6, 6.07) is 9.47. The molecule has 6 nitrogen and oxygen atoms in total. The maximum atomic E-state index is 13.2. The highest BCUT2D eigenvalue weighted by Gasteiger charge is 2.24. The second kappa shape index (κ2) is 10.3. The van der Waals surface area contributed by atoms with Gasteiger partial charge in [0.05, 0.1) is 6.54 Å². The average Bonchev–Trinajstić information content (AvgIpc) is 3.06. The lowest BCUT2D eigenvalue weighted by Gasteiger charge is -2.31. The number of hydrogen-bond acceptors (Lipinski definition) is 2. The third kappa shape index (κ3) is 6.37. The van der Waals surface area contributed by atoms with Crippen molar-refractivity contribution in [3.63, 3.8) is 0 Å². The molecule has 0 spiro atoms. The number of amides is 3. The summed E-state index contributed by atoms with van der Waals surface area (Å²) >= 11 is 0. The summed E-state index contributed by atoms with van der Waals surface area (Å²) in [6.45, 7) is 13.3. The fourth-order valence-electron chi connectivity index (χ4n) is 3.30. The molecule has 2 rings (SSSR count). The van der Waals surface area contributed by atoms with Crippen LogP contribution in [0.15, 0.2) is 36.5 Å². The Hall–Kier alpha value is -2.76. The largest absolute Gasteiger partial charge is 0.353 e. The molecule has 2 aromatic rings. The molecule has 0 unspecified atom stereocenters. The van der Waals surface area contributed by atoms with Crippen LogP contribution in [0, 0.1) is 19.8 Å². The molecule has 6 heteroatoms. The summed E-state index contributed by atoms with van der Waals surface area (Å²) in [7, 11) is 1.98. The van der Waals surface area contributed by atoms with Crippen molar-refractivity contribution in [2.24, 2.45) is 13.0 Å². The molecule has 1 aromatic carbocycles. The molecule has 0 fully saturated rings. The van der Waals surface area contributed by atoms with Gasteiger partial charge in [-0.25, -0.2) is 4.79 Å². The molecule has 0 radical (unpaired) electrons. The summed E-state index contributed by atoms with van der Waals surface area (Å²) in [4.78, 5) is 29.6. The molecule has 1 aromatic heterocycles. The summed E-state index contributed by atoms with van der Waals surface area (Å²) < 4.78 is 2.02. The van der Waals surface area contributed by atoms with E-state index in [4.69, 9.17) is 0 Å². The smallest absolute Gasteiger partial charge is 0.322 e. The first-order valence-corrected chi connectivity index (χ1v) is 10.6. The molecule has 1 heterocycles. The molecule has 0 saturated carbocycles. The standard InChI is InChI=1S/C24H36N4O2/c1-17(2)14-27(15-22-9-8-12-26(22)7)23(29)16-28(18(3)4)24(30)25-21-11-10-19(5)20(6)13-21/h8-13,17-18H,14-16H2,1-7H3,(H,25,30). The molecule has 3 amide bonds. The lowest BCUT2D eigenvalue weighted by atomic mass is 10.1. The number of anilines is 1. The highest BCUT2D eigenvalue weighted by Crippen LogP contribution is 2.16. The first kappa shape index (κ1) is 23.5. The molecule has 0 bridgehead atoms. The molecular weight excluding hydrogens is 376 g/mol. The van der Waals surface area contributed by atoms with Crippen molar-refractivity contribution in [3.05, 3.63) is 53.3 Å². The van der Waals surface area contributed by atoms with Crippen LogP contribution in [0.25, 0.3) is 0 Å².